The molecule has 1 rings (SSSR count). The molecule has 0 aliphatic rings. The van der Waals surface area contributed by atoms with Crippen LogP contribution in [0, 0.1) is 0 Å². The summed E-state index contributed by atoms with van der Waals surface area (Å²) in [5, 5.41) is 0. The van der Waals surface area contributed by atoms with E-state index in [-0.39, 0.29) is 4.91 Å². The van der Waals surface area contributed by atoms with Crippen LogP contribution in [0.15, 0.2) is 46.2 Å². The van der Waals surface area contributed by atoms with Crippen LogP contribution in [0.25, 0.3) is 0 Å². The van der Waals surface area contributed by atoms with Crippen molar-refractivity contribution in [2.24, 2.45) is 0 Å². The van der Waals surface area contributed by atoms with Gasteiger partial charge in [-0.2, -0.15) is 0 Å². The van der Waals surface area contributed by atoms with Gasteiger partial charge in [-0.05, 0) is 18.6 Å². The fraction of sp³-hybridized carbons (Fsp3) is 0.357. The molecule has 0 radical (unpaired) electrons. The van der Waals surface area contributed by atoms with Gasteiger partial charge in [0.15, 0.2) is 0 Å². The van der Waals surface area contributed by atoms with Gasteiger partial charge in [0.05, 0.1) is 17.9 Å². The highest BCUT2D eigenvalue weighted by atomic mass is 32.2. The highest BCUT2D eigenvalue weighted by Gasteiger charge is 2.18. The van der Waals surface area contributed by atoms with E-state index in [0.717, 1.165) is 19.3 Å². The summed E-state index contributed by atoms with van der Waals surface area (Å²) in [5.41, 5.74) is 0. The van der Waals surface area contributed by atoms with Gasteiger partial charge in [-0.15, -0.1) is 0 Å². The van der Waals surface area contributed by atoms with Crippen LogP contribution in [0.5, 0.6) is 0 Å². The zero-order valence-corrected chi connectivity index (χ0v) is 11.5. The Kier molecular flexibility index (Phi) is 6.36. The predicted octanol–water partition coefficient (Wildman–Crippen LogP) is 3.04. The van der Waals surface area contributed by atoms with Gasteiger partial charge in [0.1, 0.15) is 4.91 Å². The SMILES string of the molecule is CCCC/C=C(\C(=O)OC)S(=O)c1ccccc1. The topological polar surface area (TPSA) is 43.4 Å². The average Bonchev–Trinajstić information content (AvgIpc) is 2.43. The summed E-state index contributed by atoms with van der Waals surface area (Å²) < 4.78 is 17.0. The lowest BCUT2D eigenvalue weighted by Gasteiger charge is -2.05. The Hall–Kier alpha value is -1.42. The monoisotopic (exact) mass is 266 g/mol. The predicted molar refractivity (Wildman–Crippen MR) is 72.5 cm³/mol. The maximum absolute atomic E-state index is 12.3. The first-order chi connectivity index (χ1) is 8.70. The molecule has 3 nitrogen and oxygen atoms in total. The van der Waals surface area contributed by atoms with E-state index < -0.39 is 16.8 Å². The molecule has 1 aromatic rings. The number of esters is 1. The van der Waals surface area contributed by atoms with Crippen LogP contribution in [-0.4, -0.2) is 17.3 Å². The van der Waals surface area contributed by atoms with Crippen molar-refractivity contribution in [1.82, 2.24) is 0 Å². The van der Waals surface area contributed by atoms with Crippen LogP contribution >= 0.6 is 0 Å². The smallest absolute Gasteiger partial charge is 0.346 e. The van der Waals surface area contributed by atoms with Crippen molar-refractivity contribution >= 4 is 16.8 Å². The molecule has 4 heteroatoms. The Morgan fingerprint density at radius 1 is 1.33 bits per heavy atom. The number of methoxy groups -OCH3 is 1. The zero-order chi connectivity index (χ0) is 13.4. The number of carbonyl (C=O) groups excluding carboxylic acids is 1. The van der Waals surface area contributed by atoms with Crippen molar-refractivity contribution in [1.29, 1.82) is 0 Å². The molecule has 0 aromatic heterocycles. The van der Waals surface area contributed by atoms with Crippen molar-refractivity contribution in [2.75, 3.05) is 7.11 Å². The fourth-order valence-electron chi connectivity index (χ4n) is 1.44. The summed E-state index contributed by atoms with van der Waals surface area (Å²) in [4.78, 5) is 12.5. The summed E-state index contributed by atoms with van der Waals surface area (Å²) in [6.07, 6.45) is 4.45. The van der Waals surface area contributed by atoms with Crippen molar-refractivity contribution < 1.29 is 13.7 Å². The molecule has 0 heterocycles. The van der Waals surface area contributed by atoms with Crippen molar-refractivity contribution in [3.63, 3.8) is 0 Å². The van der Waals surface area contributed by atoms with Crippen LogP contribution in [0.3, 0.4) is 0 Å². The lowest BCUT2D eigenvalue weighted by Crippen LogP contribution is -2.10. The second-order valence-corrected chi connectivity index (χ2v) is 5.23. The van der Waals surface area contributed by atoms with Gasteiger partial charge >= 0.3 is 5.97 Å². The van der Waals surface area contributed by atoms with E-state index >= 15 is 0 Å². The molecular weight excluding hydrogens is 248 g/mol. The molecule has 0 aliphatic heterocycles. The summed E-state index contributed by atoms with van der Waals surface area (Å²) in [6, 6.07) is 8.93. The third-order valence-electron chi connectivity index (χ3n) is 2.43. The van der Waals surface area contributed by atoms with Gasteiger partial charge in [0.25, 0.3) is 0 Å². The second kappa shape index (κ2) is 7.82. The van der Waals surface area contributed by atoms with Crippen molar-refractivity contribution in [3.8, 4) is 0 Å². The summed E-state index contributed by atoms with van der Waals surface area (Å²) in [7, 11) is -0.164. The third-order valence-corrected chi connectivity index (χ3v) is 3.86. The Bertz CT molecular complexity index is 438. The Balaban J connectivity index is 2.93. The Labute approximate surface area is 110 Å². The quantitative estimate of drug-likeness (QED) is 0.451. The maximum Gasteiger partial charge on any atom is 0.346 e. The molecule has 1 atom stereocenters. The first-order valence-electron chi connectivity index (χ1n) is 5.96. The van der Waals surface area contributed by atoms with E-state index in [1.165, 1.54) is 7.11 Å². The first-order valence-corrected chi connectivity index (χ1v) is 7.11. The molecule has 0 saturated heterocycles. The van der Waals surface area contributed by atoms with E-state index in [2.05, 4.69) is 11.7 Å². The second-order valence-electron chi connectivity index (χ2n) is 3.78. The standard InChI is InChI=1S/C14H18O3S/c1-3-4-6-11-13(14(15)17-2)18(16)12-9-7-5-8-10-12/h5,7-11H,3-4,6H2,1-2H3/b13-11+. The number of benzene rings is 1. The number of carbonyl (C=O) groups is 1. The number of unbranched alkanes of at least 4 members (excludes halogenated alkanes) is 2. The van der Waals surface area contributed by atoms with E-state index in [0.29, 0.717) is 4.90 Å². The highest BCUT2D eigenvalue weighted by Crippen LogP contribution is 2.16. The first kappa shape index (κ1) is 14.6. The van der Waals surface area contributed by atoms with E-state index in [4.69, 9.17) is 0 Å². The average molecular weight is 266 g/mol. The largest absolute Gasteiger partial charge is 0.465 e. The molecule has 0 amide bonds. The fourth-order valence-corrected chi connectivity index (χ4v) is 2.61. The Morgan fingerprint density at radius 3 is 2.56 bits per heavy atom. The van der Waals surface area contributed by atoms with Crippen LogP contribution < -0.4 is 0 Å². The molecule has 98 valence electrons. The molecule has 0 bridgehead atoms. The van der Waals surface area contributed by atoms with E-state index in [9.17, 15) is 9.00 Å². The van der Waals surface area contributed by atoms with Gasteiger partial charge in [0.2, 0.25) is 0 Å². The van der Waals surface area contributed by atoms with Crippen molar-refractivity contribution in [2.45, 2.75) is 31.1 Å². The van der Waals surface area contributed by atoms with Crippen LogP contribution in [0.1, 0.15) is 26.2 Å². The minimum Gasteiger partial charge on any atom is -0.465 e. The van der Waals surface area contributed by atoms with Crippen LogP contribution in [0.2, 0.25) is 0 Å². The number of allylic oxidation sites excluding steroid dienone is 1. The summed E-state index contributed by atoms with van der Waals surface area (Å²) in [6.45, 7) is 2.07. The lowest BCUT2D eigenvalue weighted by atomic mass is 10.2. The molecule has 0 fully saturated rings. The van der Waals surface area contributed by atoms with Gasteiger partial charge in [-0.1, -0.05) is 44.0 Å². The van der Waals surface area contributed by atoms with Crippen LogP contribution in [0.4, 0.5) is 0 Å². The number of hydrogen-bond acceptors (Lipinski definition) is 3. The maximum atomic E-state index is 12.3. The number of hydrogen-bond donors (Lipinski definition) is 0. The molecule has 0 aliphatic carbocycles. The molecule has 1 unspecified atom stereocenters. The lowest BCUT2D eigenvalue weighted by molar-refractivity contribution is -0.135. The minimum atomic E-state index is -1.47. The van der Waals surface area contributed by atoms with Gasteiger partial charge < -0.3 is 4.74 Å². The minimum absolute atomic E-state index is 0.233. The zero-order valence-electron chi connectivity index (χ0n) is 10.7. The summed E-state index contributed by atoms with van der Waals surface area (Å²) >= 11 is 0. The van der Waals surface area contributed by atoms with E-state index in [1.807, 2.05) is 6.07 Å². The molecule has 1 aromatic carbocycles. The number of rotatable bonds is 6. The van der Waals surface area contributed by atoms with Gasteiger partial charge in [-0.3, -0.25) is 0 Å². The van der Waals surface area contributed by atoms with Gasteiger partial charge in [0, 0.05) is 4.90 Å². The Morgan fingerprint density at radius 2 is 2.00 bits per heavy atom. The normalized spacial score (nSPS) is 13.1. The molecule has 0 N–H and O–H groups in total. The molecule has 18 heavy (non-hydrogen) atoms. The molecule has 0 saturated carbocycles. The molecular formula is C14H18O3S. The molecule has 0 spiro atoms. The van der Waals surface area contributed by atoms with E-state index in [1.54, 1.807) is 30.3 Å². The van der Waals surface area contributed by atoms with Crippen LogP contribution in [-0.2, 0) is 20.3 Å². The highest BCUT2D eigenvalue weighted by molar-refractivity contribution is 7.90. The third kappa shape index (κ3) is 4.11. The summed E-state index contributed by atoms with van der Waals surface area (Å²) in [5.74, 6) is -0.520. The van der Waals surface area contributed by atoms with Gasteiger partial charge in [-0.25, -0.2) is 9.00 Å². The number of ether oxygens (including phenoxy) is 1. The van der Waals surface area contributed by atoms with Crippen molar-refractivity contribution in [3.05, 3.63) is 41.3 Å².